The fourth-order valence-electron chi connectivity index (χ4n) is 1.25. The van der Waals surface area contributed by atoms with Crippen LogP contribution in [0.15, 0.2) is 6.20 Å². The summed E-state index contributed by atoms with van der Waals surface area (Å²) in [7, 11) is 1.21. The highest BCUT2D eigenvalue weighted by Gasteiger charge is 2.23. The summed E-state index contributed by atoms with van der Waals surface area (Å²) in [6.45, 7) is 1.75. The minimum atomic E-state index is -2.78. The van der Waals surface area contributed by atoms with Gasteiger partial charge in [-0.25, -0.2) is 18.6 Å². The van der Waals surface area contributed by atoms with Crippen LogP contribution >= 0.6 is 0 Å². The lowest BCUT2D eigenvalue weighted by Gasteiger charge is -2.12. The number of nitrogens with two attached hydrogens (primary N) is 1. The smallest absolute Gasteiger partial charge is 0.360 e. The van der Waals surface area contributed by atoms with Crippen molar-refractivity contribution >= 4 is 11.7 Å². The maximum Gasteiger partial charge on any atom is 0.360 e. The molecule has 0 atom stereocenters. The summed E-state index contributed by atoms with van der Waals surface area (Å²) in [6, 6.07) is 0. The molecule has 1 aromatic heterocycles. The van der Waals surface area contributed by atoms with Crippen LogP contribution in [0.5, 0.6) is 5.75 Å². The largest absolute Gasteiger partial charge is 0.492 e. The summed E-state index contributed by atoms with van der Waals surface area (Å²) in [5.41, 5.74) is 4.48. The van der Waals surface area contributed by atoms with Gasteiger partial charge in [-0.1, -0.05) is 0 Å². The van der Waals surface area contributed by atoms with E-state index in [0.29, 0.717) is 0 Å². The number of nitrogens with zero attached hydrogens (tertiary/aromatic N) is 1. The van der Waals surface area contributed by atoms with Crippen molar-refractivity contribution in [2.24, 2.45) is 0 Å². The fourth-order valence-corrected chi connectivity index (χ4v) is 1.25. The van der Waals surface area contributed by atoms with E-state index in [9.17, 15) is 13.6 Å². The Bertz CT molecular complexity index is 424. The number of hydrogen-bond donors (Lipinski definition) is 1. The van der Waals surface area contributed by atoms with E-state index in [1.54, 1.807) is 6.92 Å². The van der Waals surface area contributed by atoms with Gasteiger partial charge in [0.1, 0.15) is 0 Å². The standard InChI is InChI=1S/C10H12F2N2O3/c1-3-17-10(15)7-8(16-2)6(13)5(4-14-7)9(11)12/h4,9H,3H2,1-2H3,(H2,13,14). The number of rotatable bonds is 4. The third kappa shape index (κ3) is 2.61. The third-order valence-electron chi connectivity index (χ3n) is 2.01. The molecule has 0 aliphatic rings. The van der Waals surface area contributed by atoms with Crippen molar-refractivity contribution in [3.63, 3.8) is 0 Å². The molecule has 7 heteroatoms. The summed E-state index contributed by atoms with van der Waals surface area (Å²) in [5.74, 6) is -0.960. The van der Waals surface area contributed by atoms with E-state index in [2.05, 4.69) is 4.98 Å². The summed E-state index contributed by atoms with van der Waals surface area (Å²) in [5, 5.41) is 0. The zero-order chi connectivity index (χ0) is 13.0. The van der Waals surface area contributed by atoms with Gasteiger partial charge >= 0.3 is 5.97 Å². The average Bonchev–Trinajstić information content (AvgIpc) is 2.28. The molecule has 0 aromatic carbocycles. The monoisotopic (exact) mass is 246 g/mol. The molecule has 5 nitrogen and oxygen atoms in total. The summed E-state index contributed by atoms with van der Waals surface area (Å²) in [4.78, 5) is 15.0. The molecule has 0 unspecified atom stereocenters. The lowest BCUT2D eigenvalue weighted by molar-refractivity contribution is 0.0515. The zero-order valence-corrected chi connectivity index (χ0v) is 9.37. The van der Waals surface area contributed by atoms with Crippen LogP contribution in [0.1, 0.15) is 29.4 Å². The van der Waals surface area contributed by atoms with Crippen molar-refractivity contribution in [1.82, 2.24) is 4.98 Å². The number of anilines is 1. The Balaban J connectivity index is 3.25. The predicted octanol–water partition coefficient (Wildman–Crippen LogP) is 1.79. The van der Waals surface area contributed by atoms with Gasteiger partial charge in [0.15, 0.2) is 11.4 Å². The van der Waals surface area contributed by atoms with Gasteiger partial charge in [-0.2, -0.15) is 0 Å². The summed E-state index contributed by atoms with van der Waals surface area (Å²) >= 11 is 0. The Hall–Kier alpha value is -1.92. The van der Waals surface area contributed by atoms with E-state index in [0.717, 1.165) is 6.20 Å². The minimum Gasteiger partial charge on any atom is -0.492 e. The van der Waals surface area contributed by atoms with Gasteiger partial charge in [-0.3, -0.25) is 0 Å². The molecule has 0 aliphatic carbocycles. The second-order valence-electron chi connectivity index (χ2n) is 3.03. The van der Waals surface area contributed by atoms with E-state index in [1.807, 2.05) is 0 Å². The van der Waals surface area contributed by atoms with Crippen LogP contribution in [0.4, 0.5) is 14.5 Å². The molecule has 17 heavy (non-hydrogen) atoms. The Morgan fingerprint density at radius 1 is 1.59 bits per heavy atom. The SMILES string of the molecule is CCOC(=O)c1ncc(C(F)F)c(N)c1OC. The lowest BCUT2D eigenvalue weighted by Crippen LogP contribution is -2.12. The molecule has 0 aliphatic heterocycles. The Labute approximate surface area is 96.5 Å². The summed E-state index contributed by atoms with van der Waals surface area (Å²) in [6.07, 6.45) is -1.94. The average molecular weight is 246 g/mol. The van der Waals surface area contributed by atoms with Gasteiger partial charge in [0, 0.05) is 6.20 Å². The molecule has 0 bridgehead atoms. The lowest BCUT2D eigenvalue weighted by atomic mass is 10.2. The van der Waals surface area contributed by atoms with Crippen molar-refractivity contribution in [1.29, 1.82) is 0 Å². The second-order valence-corrected chi connectivity index (χ2v) is 3.03. The molecular formula is C10H12F2N2O3. The molecule has 1 heterocycles. The number of halogens is 2. The first-order valence-electron chi connectivity index (χ1n) is 4.80. The number of aromatic nitrogens is 1. The van der Waals surface area contributed by atoms with Crippen LogP contribution < -0.4 is 10.5 Å². The quantitative estimate of drug-likeness (QED) is 0.820. The van der Waals surface area contributed by atoms with Gasteiger partial charge < -0.3 is 15.2 Å². The Morgan fingerprint density at radius 2 is 2.24 bits per heavy atom. The molecule has 0 saturated carbocycles. The number of carbonyl (C=O) groups is 1. The van der Waals surface area contributed by atoms with Crippen molar-refractivity contribution in [3.05, 3.63) is 17.5 Å². The molecule has 1 aromatic rings. The van der Waals surface area contributed by atoms with E-state index in [-0.39, 0.29) is 23.7 Å². The van der Waals surface area contributed by atoms with Crippen LogP contribution in [-0.4, -0.2) is 24.7 Å². The molecule has 0 amide bonds. The highest BCUT2D eigenvalue weighted by atomic mass is 19.3. The van der Waals surface area contributed by atoms with Crippen molar-refractivity contribution < 1.29 is 23.0 Å². The Morgan fingerprint density at radius 3 is 2.71 bits per heavy atom. The van der Waals surface area contributed by atoms with Gasteiger partial charge in [0.25, 0.3) is 6.43 Å². The number of carbonyl (C=O) groups excluding carboxylic acids is 1. The highest BCUT2D eigenvalue weighted by Crippen LogP contribution is 2.33. The van der Waals surface area contributed by atoms with Gasteiger partial charge in [-0.05, 0) is 6.92 Å². The predicted molar refractivity (Wildman–Crippen MR) is 56.1 cm³/mol. The topological polar surface area (TPSA) is 74.4 Å². The van der Waals surface area contributed by atoms with E-state index in [4.69, 9.17) is 15.2 Å². The minimum absolute atomic E-state index is 0.139. The fraction of sp³-hybridized carbons (Fsp3) is 0.400. The number of ether oxygens (including phenoxy) is 2. The normalized spacial score (nSPS) is 10.4. The molecule has 1 rings (SSSR count). The first-order valence-corrected chi connectivity index (χ1v) is 4.80. The number of alkyl halides is 2. The molecule has 0 saturated heterocycles. The first-order chi connectivity index (χ1) is 8.02. The van der Waals surface area contributed by atoms with Crippen molar-refractivity contribution in [3.8, 4) is 5.75 Å². The van der Waals surface area contributed by atoms with Crippen molar-refractivity contribution in [2.75, 3.05) is 19.5 Å². The number of esters is 1. The molecule has 0 fully saturated rings. The molecular weight excluding hydrogens is 234 g/mol. The number of nitrogen functional groups attached to an aromatic ring is 1. The molecule has 2 N–H and O–H groups in total. The second kappa shape index (κ2) is 5.42. The van der Waals surface area contributed by atoms with Crippen LogP contribution in [0.2, 0.25) is 0 Å². The number of pyridine rings is 1. The Kier molecular flexibility index (Phi) is 4.19. The number of hydrogen-bond acceptors (Lipinski definition) is 5. The van der Waals surface area contributed by atoms with Gasteiger partial charge in [0.2, 0.25) is 0 Å². The third-order valence-corrected chi connectivity index (χ3v) is 2.01. The van der Waals surface area contributed by atoms with E-state index < -0.39 is 18.0 Å². The number of methoxy groups -OCH3 is 1. The van der Waals surface area contributed by atoms with Crippen LogP contribution in [-0.2, 0) is 4.74 Å². The summed E-state index contributed by atoms with van der Waals surface area (Å²) < 4.78 is 34.6. The van der Waals surface area contributed by atoms with Crippen LogP contribution in [0, 0.1) is 0 Å². The molecule has 94 valence electrons. The van der Waals surface area contributed by atoms with Gasteiger partial charge in [0.05, 0.1) is 25.0 Å². The van der Waals surface area contributed by atoms with Crippen molar-refractivity contribution in [2.45, 2.75) is 13.3 Å². The van der Waals surface area contributed by atoms with Gasteiger partial charge in [-0.15, -0.1) is 0 Å². The first kappa shape index (κ1) is 13.1. The van der Waals surface area contributed by atoms with E-state index in [1.165, 1.54) is 7.11 Å². The molecule has 0 spiro atoms. The zero-order valence-electron chi connectivity index (χ0n) is 9.37. The van der Waals surface area contributed by atoms with Crippen LogP contribution in [0.3, 0.4) is 0 Å². The molecule has 0 radical (unpaired) electrons. The highest BCUT2D eigenvalue weighted by molar-refractivity contribution is 5.92. The van der Waals surface area contributed by atoms with Crippen LogP contribution in [0.25, 0.3) is 0 Å². The maximum absolute atomic E-state index is 12.5. The van der Waals surface area contributed by atoms with E-state index >= 15 is 0 Å². The maximum atomic E-state index is 12.5.